The first kappa shape index (κ1) is 43.4. The van der Waals surface area contributed by atoms with Crippen molar-refractivity contribution in [3.63, 3.8) is 0 Å². The number of hydrogen-bond donors (Lipinski definition) is 4. The van der Waals surface area contributed by atoms with Crippen LogP contribution in [0.4, 0.5) is 27.6 Å². The average molecular weight is 863 g/mol. The number of carbonyl (C=O) groups excluding carboxylic acids is 3. The zero-order valence-corrected chi connectivity index (χ0v) is 36.3. The van der Waals surface area contributed by atoms with E-state index in [9.17, 15) is 36.0 Å². The smallest absolute Gasteiger partial charge is 0.416 e. The van der Waals surface area contributed by atoms with Crippen LogP contribution in [0.2, 0.25) is 0 Å². The van der Waals surface area contributed by atoms with Crippen LogP contribution < -0.4 is 21.3 Å². The number of rotatable bonds is 6. The molecular formula is C44H65F3N6O6S. The van der Waals surface area contributed by atoms with E-state index in [2.05, 4.69) is 21.3 Å². The maximum atomic E-state index is 13.0. The normalized spacial score (nSPS) is 35.9. The number of ether oxygens (including phenoxy) is 1. The number of nitrogens with one attached hydrogen (secondary N) is 4. The summed E-state index contributed by atoms with van der Waals surface area (Å²) in [5.41, 5.74) is -1.60. The van der Waals surface area contributed by atoms with Gasteiger partial charge in [0.05, 0.1) is 10.5 Å². The molecule has 8 saturated carbocycles. The van der Waals surface area contributed by atoms with Crippen LogP contribution in [-0.2, 0) is 20.9 Å². The molecule has 2 aliphatic heterocycles. The molecule has 1 aromatic rings. The van der Waals surface area contributed by atoms with Crippen LogP contribution >= 0.6 is 0 Å². The highest BCUT2D eigenvalue weighted by molar-refractivity contribution is 7.89. The van der Waals surface area contributed by atoms with Gasteiger partial charge in [0.15, 0.2) is 0 Å². The number of benzene rings is 1. The van der Waals surface area contributed by atoms with Crippen molar-refractivity contribution in [1.29, 1.82) is 0 Å². The molecular weight excluding hydrogens is 798 g/mol. The Morgan fingerprint density at radius 3 is 1.60 bits per heavy atom. The van der Waals surface area contributed by atoms with Crippen LogP contribution in [0.1, 0.15) is 129 Å². The average Bonchev–Trinajstić information content (AvgIpc) is 3.13. The van der Waals surface area contributed by atoms with Crippen molar-refractivity contribution in [2.45, 2.75) is 163 Å². The fourth-order valence-corrected chi connectivity index (χ4v) is 14.9. The van der Waals surface area contributed by atoms with Crippen molar-refractivity contribution in [2.75, 3.05) is 26.2 Å². The van der Waals surface area contributed by atoms with Crippen molar-refractivity contribution < 1.29 is 40.7 Å². The van der Waals surface area contributed by atoms with Crippen LogP contribution in [0, 0.1) is 35.5 Å². The Hall–Kier alpha value is -3.27. The Balaban J connectivity index is 0.000000170. The molecule has 10 fully saturated rings. The molecule has 0 spiro atoms. The number of piperidine rings is 2. The lowest BCUT2D eigenvalue weighted by Gasteiger charge is -2.56. The molecule has 11 rings (SSSR count). The lowest BCUT2D eigenvalue weighted by Crippen LogP contribution is -2.63. The van der Waals surface area contributed by atoms with E-state index in [-0.39, 0.29) is 59.3 Å². The first-order valence-electron chi connectivity index (χ1n) is 22.5. The monoisotopic (exact) mass is 862 g/mol. The third kappa shape index (κ3) is 9.99. The Morgan fingerprint density at radius 1 is 0.700 bits per heavy atom. The molecule has 8 aliphatic carbocycles. The largest absolute Gasteiger partial charge is 0.444 e. The maximum absolute atomic E-state index is 13.0. The van der Waals surface area contributed by atoms with E-state index in [0.29, 0.717) is 49.8 Å². The summed E-state index contributed by atoms with van der Waals surface area (Å²) >= 11 is 0. The highest BCUT2D eigenvalue weighted by atomic mass is 32.2. The van der Waals surface area contributed by atoms with E-state index >= 15 is 0 Å². The van der Waals surface area contributed by atoms with E-state index in [4.69, 9.17) is 4.74 Å². The summed E-state index contributed by atoms with van der Waals surface area (Å²) < 4.78 is 71.9. The molecule has 2 heterocycles. The predicted octanol–water partition coefficient (Wildman–Crippen LogP) is 7.78. The molecule has 2 saturated heterocycles. The van der Waals surface area contributed by atoms with Gasteiger partial charge in [0.1, 0.15) is 5.60 Å². The molecule has 2 unspecified atom stereocenters. The second-order valence-electron chi connectivity index (χ2n) is 21.1. The number of sulfonamides is 1. The van der Waals surface area contributed by atoms with Crippen LogP contribution in [0.25, 0.3) is 0 Å². The predicted molar refractivity (Wildman–Crippen MR) is 219 cm³/mol. The minimum absolute atomic E-state index is 0.000167. The van der Waals surface area contributed by atoms with Crippen LogP contribution in [0.5, 0.6) is 0 Å². The molecule has 8 bridgehead atoms. The SMILES string of the molecule is CC(C)(C)OC(=O)N1CCCC(NC(=O)NC23CC4CC(CC(C4)C2)C3)C1.O=C(NC1CCCN(S(=O)(=O)c2cccc(C(F)(F)F)c2)C1)NC12CC3CC(CC(C3)C1)C2. The van der Waals surface area contributed by atoms with Gasteiger partial charge in [-0.2, -0.15) is 17.5 Å². The van der Waals surface area contributed by atoms with Crippen LogP contribution in [-0.4, -0.2) is 90.7 Å². The molecule has 1 aromatic carbocycles. The molecule has 16 heteroatoms. The third-order valence-corrected chi connectivity index (χ3v) is 16.6. The van der Waals surface area contributed by atoms with Gasteiger partial charge in [0.25, 0.3) is 0 Å². The van der Waals surface area contributed by atoms with Gasteiger partial charge in [-0.1, -0.05) is 6.07 Å². The van der Waals surface area contributed by atoms with Crippen molar-refractivity contribution in [2.24, 2.45) is 35.5 Å². The van der Waals surface area contributed by atoms with Gasteiger partial charge in [-0.15, -0.1) is 0 Å². The second kappa shape index (κ2) is 16.5. The van der Waals surface area contributed by atoms with Gasteiger partial charge in [-0.25, -0.2) is 22.8 Å². The van der Waals surface area contributed by atoms with E-state index < -0.39 is 27.4 Å². The van der Waals surface area contributed by atoms with Gasteiger partial charge >= 0.3 is 24.3 Å². The highest BCUT2D eigenvalue weighted by Crippen LogP contribution is 2.56. The van der Waals surface area contributed by atoms with E-state index in [0.717, 1.165) is 81.3 Å². The molecule has 0 radical (unpaired) electrons. The minimum Gasteiger partial charge on any atom is -0.444 e. The zero-order valence-electron chi connectivity index (χ0n) is 35.5. The van der Waals surface area contributed by atoms with Crippen molar-refractivity contribution in [1.82, 2.24) is 30.5 Å². The zero-order chi connectivity index (χ0) is 42.7. The Kier molecular flexibility index (Phi) is 11.9. The number of alkyl halides is 3. The van der Waals surface area contributed by atoms with Gasteiger partial charge in [-0.3, -0.25) is 0 Å². The Labute approximate surface area is 353 Å². The quantitative estimate of drug-likeness (QED) is 0.230. The summed E-state index contributed by atoms with van der Waals surface area (Å²) in [6.45, 7) is 7.13. The van der Waals surface area contributed by atoms with E-state index in [1.807, 2.05) is 20.8 Å². The van der Waals surface area contributed by atoms with Crippen molar-refractivity contribution in [3.05, 3.63) is 29.8 Å². The standard InChI is InChI=1S/C23H30F3N3O3S.C21H35N3O3/c24-23(25,26)18-3-1-5-20(10-18)33(31,32)29-6-2-4-19(14-29)27-21(30)28-22-11-15-7-16(12-22)9-17(8-15)13-22;1-20(2,3)27-19(26)24-6-4-5-17(13-24)22-18(25)23-21-10-14-7-15(11-21)9-16(8-14)12-21/h1,3,5,10,15-17,19H,2,4,6-9,11-14H2,(H2,27,28,30);14-17H,4-13H2,1-3H3,(H2,22,23,25). The molecule has 12 nitrogen and oxygen atoms in total. The van der Waals surface area contributed by atoms with E-state index in [1.165, 1.54) is 48.9 Å². The maximum Gasteiger partial charge on any atom is 0.416 e. The van der Waals surface area contributed by atoms with Crippen LogP contribution in [0.15, 0.2) is 29.2 Å². The summed E-state index contributed by atoms with van der Waals surface area (Å²) in [7, 11) is -4.10. The van der Waals surface area contributed by atoms with Crippen molar-refractivity contribution in [3.8, 4) is 0 Å². The first-order chi connectivity index (χ1) is 28.2. The van der Waals surface area contributed by atoms with Gasteiger partial charge < -0.3 is 30.9 Å². The Bertz CT molecular complexity index is 1820. The lowest BCUT2D eigenvalue weighted by atomic mass is 9.53. The molecule has 4 N–H and O–H groups in total. The van der Waals surface area contributed by atoms with E-state index in [1.54, 1.807) is 4.90 Å². The topological polar surface area (TPSA) is 149 Å². The lowest BCUT2D eigenvalue weighted by molar-refractivity contribution is -0.137. The number of hydrogen-bond acceptors (Lipinski definition) is 6. The third-order valence-electron chi connectivity index (χ3n) is 14.8. The fourth-order valence-electron chi connectivity index (χ4n) is 13.3. The highest BCUT2D eigenvalue weighted by Gasteiger charge is 2.53. The molecule has 334 valence electrons. The summed E-state index contributed by atoms with van der Waals surface area (Å²) in [5.74, 6) is 4.52. The first-order valence-corrected chi connectivity index (χ1v) is 24.0. The number of amides is 5. The van der Waals surface area contributed by atoms with Crippen LogP contribution in [0.3, 0.4) is 0 Å². The number of halogens is 3. The van der Waals surface area contributed by atoms with Gasteiger partial charge in [0.2, 0.25) is 10.0 Å². The fraction of sp³-hybridized carbons (Fsp3) is 0.795. The summed E-state index contributed by atoms with van der Waals surface area (Å²) in [6.07, 6.45) is 12.5. The number of carbonyl (C=O) groups is 3. The molecule has 2 atom stereocenters. The minimum atomic E-state index is -4.62. The second-order valence-corrected chi connectivity index (χ2v) is 23.0. The number of likely N-dealkylation sites (tertiary alicyclic amines) is 1. The number of urea groups is 2. The summed E-state index contributed by atoms with van der Waals surface area (Å²) in [5, 5.41) is 12.7. The molecule has 60 heavy (non-hydrogen) atoms. The van der Waals surface area contributed by atoms with Crippen molar-refractivity contribution >= 4 is 28.2 Å². The molecule has 0 aromatic heterocycles. The molecule has 10 aliphatic rings. The molecule has 5 amide bonds. The summed E-state index contributed by atoms with van der Waals surface area (Å²) in [6, 6.07) is 3.12. The summed E-state index contributed by atoms with van der Waals surface area (Å²) in [4.78, 5) is 39.3. The number of nitrogens with zero attached hydrogens (tertiary/aromatic N) is 2. The van der Waals surface area contributed by atoms with Gasteiger partial charge in [0, 0.05) is 49.3 Å². The Morgan fingerprint density at radius 2 is 1.15 bits per heavy atom. The van der Waals surface area contributed by atoms with Gasteiger partial charge in [-0.05, 0) is 177 Å².